The molecular weight excluding hydrogens is 272 g/mol. The standard InChI is InChI=1S/C15H22N2O2S/c16-12-3-1-4-13(11-12)17-15(18)5-2-10-20-14-6-8-19-9-7-14/h1,3-4,11,14H,2,5-10,16H2,(H,17,18). The molecule has 20 heavy (non-hydrogen) atoms. The maximum absolute atomic E-state index is 11.8. The van der Waals surface area contributed by atoms with Gasteiger partial charge in [-0.25, -0.2) is 0 Å². The molecule has 2 rings (SSSR count). The summed E-state index contributed by atoms with van der Waals surface area (Å²) in [6.07, 6.45) is 3.75. The van der Waals surface area contributed by atoms with Gasteiger partial charge in [0, 0.05) is 36.3 Å². The molecule has 110 valence electrons. The zero-order valence-electron chi connectivity index (χ0n) is 11.6. The molecule has 1 aliphatic rings. The Kier molecular flexibility index (Phi) is 6.21. The number of nitrogen functional groups attached to an aromatic ring is 1. The van der Waals surface area contributed by atoms with Gasteiger partial charge in [0.05, 0.1) is 0 Å². The third kappa shape index (κ3) is 5.43. The fraction of sp³-hybridized carbons (Fsp3) is 0.533. The highest BCUT2D eigenvalue weighted by Crippen LogP contribution is 2.23. The number of ether oxygens (including phenoxy) is 1. The van der Waals surface area contributed by atoms with Crippen LogP contribution in [0.15, 0.2) is 24.3 Å². The van der Waals surface area contributed by atoms with Crippen LogP contribution < -0.4 is 11.1 Å². The minimum absolute atomic E-state index is 0.0585. The topological polar surface area (TPSA) is 64.3 Å². The van der Waals surface area contributed by atoms with E-state index < -0.39 is 0 Å². The first kappa shape index (κ1) is 15.2. The van der Waals surface area contributed by atoms with Gasteiger partial charge in [-0.1, -0.05) is 6.07 Å². The number of benzene rings is 1. The molecule has 0 radical (unpaired) electrons. The van der Waals surface area contributed by atoms with Gasteiger partial charge in [0.25, 0.3) is 0 Å². The highest BCUT2D eigenvalue weighted by molar-refractivity contribution is 7.99. The van der Waals surface area contributed by atoms with Crippen LogP contribution in [0.4, 0.5) is 11.4 Å². The van der Waals surface area contributed by atoms with E-state index in [2.05, 4.69) is 5.32 Å². The highest BCUT2D eigenvalue weighted by atomic mass is 32.2. The SMILES string of the molecule is Nc1cccc(NC(=O)CCCSC2CCOCC2)c1. The molecule has 3 N–H and O–H groups in total. The number of hydrogen-bond acceptors (Lipinski definition) is 4. The molecule has 0 atom stereocenters. The lowest BCUT2D eigenvalue weighted by molar-refractivity contribution is -0.116. The quantitative estimate of drug-likeness (QED) is 0.625. The first-order valence-corrected chi connectivity index (χ1v) is 8.13. The Bertz CT molecular complexity index is 434. The lowest BCUT2D eigenvalue weighted by Gasteiger charge is -2.21. The lowest BCUT2D eigenvalue weighted by Crippen LogP contribution is -2.18. The van der Waals surface area contributed by atoms with E-state index in [1.54, 1.807) is 12.1 Å². The van der Waals surface area contributed by atoms with Crippen LogP contribution in [0.5, 0.6) is 0 Å². The summed E-state index contributed by atoms with van der Waals surface area (Å²) >= 11 is 1.97. The van der Waals surface area contributed by atoms with Gasteiger partial charge < -0.3 is 15.8 Å². The Morgan fingerprint density at radius 2 is 2.20 bits per heavy atom. The van der Waals surface area contributed by atoms with Gasteiger partial charge in [-0.2, -0.15) is 11.8 Å². The van der Waals surface area contributed by atoms with Gasteiger partial charge in [-0.05, 0) is 43.2 Å². The van der Waals surface area contributed by atoms with E-state index in [0.29, 0.717) is 17.4 Å². The zero-order chi connectivity index (χ0) is 14.2. The number of rotatable bonds is 6. The van der Waals surface area contributed by atoms with E-state index in [1.165, 1.54) is 0 Å². The van der Waals surface area contributed by atoms with Crippen molar-refractivity contribution in [2.24, 2.45) is 0 Å². The molecule has 0 spiro atoms. The molecule has 0 aliphatic carbocycles. The highest BCUT2D eigenvalue weighted by Gasteiger charge is 2.13. The minimum atomic E-state index is 0.0585. The Hall–Kier alpha value is -1.20. The molecule has 5 heteroatoms. The molecule has 0 bridgehead atoms. The molecule has 1 fully saturated rings. The predicted molar refractivity (Wildman–Crippen MR) is 85.0 cm³/mol. The molecule has 4 nitrogen and oxygen atoms in total. The van der Waals surface area contributed by atoms with Gasteiger partial charge in [0.1, 0.15) is 0 Å². The first-order chi connectivity index (χ1) is 9.74. The van der Waals surface area contributed by atoms with Crippen LogP contribution in [-0.2, 0) is 9.53 Å². The molecule has 1 aromatic rings. The average molecular weight is 294 g/mol. The van der Waals surface area contributed by atoms with Gasteiger partial charge >= 0.3 is 0 Å². The van der Waals surface area contributed by atoms with Crippen molar-refractivity contribution < 1.29 is 9.53 Å². The molecular formula is C15H22N2O2S. The number of anilines is 2. The summed E-state index contributed by atoms with van der Waals surface area (Å²) in [5, 5.41) is 3.58. The number of carbonyl (C=O) groups is 1. The van der Waals surface area contributed by atoms with Crippen LogP contribution >= 0.6 is 11.8 Å². The van der Waals surface area contributed by atoms with E-state index in [1.807, 2.05) is 23.9 Å². The maximum Gasteiger partial charge on any atom is 0.224 e. The third-order valence-corrected chi connectivity index (χ3v) is 4.71. The second-order valence-electron chi connectivity index (χ2n) is 4.96. The van der Waals surface area contributed by atoms with E-state index in [9.17, 15) is 4.79 Å². The van der Waals surface area contributed by atoms with Gasteiger partial charge in [0.15, 0.2) is 0 Å². The van der Waals surface area contributed by atoms with Crippen molar-refractivity contribution in [2.45, 2.75) is 30.9 Å². The number of nitrogens with two attached hydrogens (primary N) is 1. The second-order valence-corrected chi connectivity index (χ2v) is 6.37. The zero-order valence-corrected chi connectivity index (χ0v) is 12.5. The van der Waals surface area contributed by atoms with E-state index >= 15 is 0 Å². The van der Waals surface area contributed by atoms with E-state index in [0.717, 1.165) is 43.9 Å². The average Bonchev–Trinajstić information content (AvgIpc) is 2.45. The van der Waals surface area contributed by atoms with Crippen LogP contribution in [0.2, 0.25) is 0 Å². The monoisotopic (exact) mass is 294 g/mol. The largest absolute Gasteiger partial charge is 0.399 e. The first-order valence-electron chi connectivity index (χ1n) is 7.09. The lowest BCUT2D eigenvalue weighted by atomic mass is 10.2. The summed E-state index contributed by atoms with van der Waals surface area (Å²) < 4.78 is 5.33. The summed E-state index contributed by atoms with van der Waals surface area (Å²) in [6.45, 7) is 1.77. The van der Waals surface area contributed by atoms with E-state index in [-0.39, 0.29) is 5.91 Å². The summed E-state index contributed by atoms with van der Waals surface area (Å²) in [5.41, 5.74) is 7.11. The molecule has 0 saturated carbocycles. The normalized spacial score (nSPS) is 16.0. The third-order valence-electron chi connectivity index (χ3n) is 3.24. The van der Waals surface area contributed by atoms with Crippen LogP contribution in [-0.4, -0.2) is 30.1 Å². The Labute approximate surface area is 124 Å². The summed E-state index contributed by atoms with van der Waals surface area (Å²) in [6, 6.07) is 7.27. The van der Waals surface area contributed by atoms with Crippen molar-refractivity contribution in [1.82, 2.24) is 0 Å². The molecule has 0 unspecified atom stereocenters. The fourth-order valence-electron chi connectivity index (χ4n) is 2.17. The molecule has 0 aromatic heterocycles. The molecule has 1 aliphatic heterocycles. The van der Waals surface area contributed by atoms with Gasteiger partial charge in [-0.3, -0.25) is 4.79 Å². The Morgan fingerprint density at radius 1 is 1.40 bits per heavy atom. The van der Waals surface area contributed by atoms with Crippen LogP contribution in [0.3, 0.4) is 0 Å². The van der Waals surface area contributed by atoms with Crippen molar-refractivity contribution >= 4 is 29.0 Å². The van der Waals surface area contributed by atoms with Crippen molar-refractivity contribution in [3.8, 4) is 0 Å². The second kappa shape index (κ2) is 8.17. The van der Waals surface area contributed by atoms with Crippen LogP contribution in [0.25, 0.3) is 0 Å². The fourth-order valence-corrected chi connectivity index (χ4v) is 3.34. The van der Waals surface area contributed by atoms with Gasteiger partial charge in [-0.15, -0.1) is 0 Å². The van der Waals surface area contributed by atoms with Crippen molar-refractivity contribution in [3.05, 3.63) is 24.3 Å². The number of hydrogen-bond donors (Lipinski definition) is 2. The summed E-state index contributed by atoms with van der Waals surface area (Å²) in [5.74, 6) is 1.10. The maximum atomic E-state index is 11.8. The van der Waals surface area contributed by atoms with Crippen molar-refractivity contribution in [2.75, 3.05) is 30.0 Å². The summed E-state index contributed by atoms with van der Waals surface area (Å²) in [4.78, 5) is 11.8. The van der Waals surface area contributed by atoms with Crippen LogP contribution in [0.1, 0.15) is 25.7 Å². The Balaban J connectivity index is 1.60. The Morgan fingerprint density at radius 3 is 2.95 bits per heavy atom. The number of nitrogens with one attached hydrogen (secondary N) is 1. The number of amides is 1. The van der Waals surface area contributed by atoms with Gasteiger partial charge in [0.2, 0.25) is 5.91 Å². The molecule has 1 aromatic carbocycles. The van der Waals surface area contributed by atoms with Crippen molar-refractivity contribution in [1.29, 1.82) is 0 Å². The molecule has 1 amide bonds. The number of thioether (sulfide) groups is 1. The minimum Gasteiger partial charge on any atom is -0.399 e. The number of carbonyl (C=O) groups excluding carboxylic acids is 1. The van der Waals surface area contributed by atoms with Crippen molar-refractivity contribution in [3.63, 3.8) is 0 Å². The van der Waals surface area contributed by atoms with E-state index in [4.69, 9.17) is 10.5 Å². The predicted octanol–water partition coefficient (Wildman–Crippen LogP) is 2.90. The molecule has 1 saturated heterocycles. The van der Waals surface area contributed by atoms with Crippen LogP contribution in [0, 0.1) is 0 Å². The molecule has 1 heterocycles. The smallest absolute Gasteiger partial charge is 0.224 e. The summed E-state index contributed by atoms with van der Waals surface area (Å²) in [7, 11) is 0.